The van der Waals surface area contributed by atoms with Crippen LogP contribution in [-0.4, -0.2) is 22.3 Å². The maximum Gasteiger partial charge on any atom is 0.238 e. The minimum Gasteiger partial charge on any atom is -0.280 e. The van der Waals surface area contributed by atoms with Gasteiger partial charge in [0.05, 0.1) is 44.9 Å². The summed E-state index contributed by atoms with van der Waals surface area (Å²) in [5, 5.41) is 4.77. The van der Waals surface area contributed by atoms with Gasteiger partial charge in [-0.25, -0.2) is 4.98 Å². The molecule has 5 aromatic carbocycles. The zero-order chi connectivity index (χ0) is 25.9. The number of nitrogens with zero attached hydrogens (tertiary/aromatic N) is 5. The van der Waals surface area contributed by atoms with Crippen LogP contribution in [0.5, 0.6) is 0 Å². The number of hydrogen-bond acceptors (Lipinski definition) is 3. The molecule has 0 aliphatic rings. The lowest BCUT2D eigenvalue weighted by molar-refractivity contribution is 0.954. The van der Waals surface area contributed by atoms with Crippen molar-refractivity contribution in [3.63, 3.8) is 0 Å². The fourth-order valence-electron chi connectivity index (χ4n) is 5.55. The van der Waals surface area contributed by atoms with Crippen LogP contribution in [0.1, 0.15) is 0 Å². The quantitative estimate of drug-likeness (QED) is 0.188. The van der Waals surface area contributed by atoms with Crippen molar-refractivity contribution in [3.05, 3.63) is 121 Å². The number of hydrogen-bond donors (Lipinski definition) is 0. The van der Waals surface area contributed by atoms with Gasteiger partial charge in [-0.05, 0) is 12.1 Å². The van der Waals surface area contributed by atoms with Gasteiger partial charge in [0.15, 0.2) is 11.6 Å². The Kier molecular flexibility index (Phi) is 5.03. The average molecular weight is 613 g/mol. The van der Waals surface area contributed by atoms with Gasteiger partial charge in [0, 0.05) is 32.7 Å². The number of aromatic nitrogens is 5. The summed E-state index contributed by atoms with van der Waals surface area (Å²) in [4.78, 5) is 15.1. The third-order valence-electron chi connectivity index (χ3n) is 7.30. The van der Waals surface area contributed by atoms with Crippen LogP contribution in [0.4, 0.5) is 0 Å². The van der Waals surface area contributed by atoms with Gasteiger partial charge in [0.1, 0.15) is 0 Å². The molecule has 5 nitrogen and oxygen atoms in total. The van der Waals surface area contributed by atoms with Crippen LogP contribution in [0.15, 0.2) is 121 Å². The highest BCUT2D eigenvalue weighted by molar-refractivity contribution is 14.1. The lowest BCUT2D eigenvalue weighted by Gasteiger charge is -2.11. The molecule has 0 N–H and O–H groups in total. The van der Waals surface area contributed by atoms with Crippen molar-refractivity contribution < 1.29 is 0 Å². The van der Waals surface area contributed by atoms with Gasteiger partial charge in [-0.2, -0.15) is 9.97 Å². The lowest BCUT2D eigenvalue weighted by Crippen LogP contribution is -2.06. The summed E-state index contributed by atoms with van der Waals surface area (Å²) in [5.74, 6) is 1.89. The van der Waals surface area contributed by atoms with Crippen LogP contribution < -0.4 is 0 Å². The van der Waals surface area contributed by atoms with Crippen molar-refractivity contribution in [1.82, 2.24) is 22.3 Å². The highest BCUT2D eigenvalue weighted by Crippen LogP contribution is 2.40. The third-order valence-corrected chi connectivity index (χ3v) is 8.30. The molecule has 0 unspecified atom stereocenters. The number of benzene rings is 5. The second-order valence-corrected chi connectivity index (χ2v) is 10.5. The molecule has 0 amide bonds. The molecule has 0 spiro atoms. The van der Waals surface area contributed by atoms with E-state index in [1.54, 1.807) is 0 Å². The molecule has 0 atom stereocenters. The van der Waals surface area contributed by atoms with Gasteiger partial charge in [0.25, 0.3) is 0 Å². The summed E-state index contributed by atoms with van der Waals surface area (Å²) in [6, 6.07) is 41.8. The molecule has 8 aromatic rings. The van der Waals surface area contributed by atoms with Gasteiger partial charge >= 0.3 is 0 Å². The Hall–Kier alpha value is -4.56. The van der Waals surface area contributed by atoms with Gasteiger partial charge in [-0.3, -0.25) is 7.35 Å². The van der Waals surface area contributed by atoms with Crippen LogP contribution in [0, 0.1) is 0 Å². The second kappa shape index (κ2) is 8.74. The second-order valence-electron chi connectivity index (χ2n) is 9.52. The summed E-state index contributed by atoms with van der Waals surface area (Å²) in [7, 11) is 0. The van der Waals surface area contributed by atoms with E-state index in [-0.39, 0.29) is 0 Å². The van der Waals surface area contributed by atoms with E-state index in [0.717, 1.165) is 27.7 Å². The molecule has 0 aliphatic heterocycles. The summed E-state index contributed by atoms with van der Waals surface area (Å²) in [6.07, 6.45) is 0. The first kappa shape index (κ1) is 22.4. The molecule has 3 aromatic heterocycles. The van der Waals surface area contributed by atoms with Crippen molar-refractivity contribution in [2.24, 2.45) is 0 Å². The van der Waals surface area contributed by atoms with Crippen LogP contribution in [-0.2, 0) is 0 Å². The first-order valence-corrected chi connectivity index (χ1v) is 13.7. The number of fused-ring (bicyclic) bond motifs is 7. The first-order chi connectivity index (χ1) is 19.3. The highest BCUT2D eigenvalue weighted by Gasteiger charge is 2.22. The van der Waals surface area contributed by atoms with Crippen molar-refractivity contribution >= 4 is 66.5 Å². The fourth-order valence-corrected chi connectivity index (χ4v) is 6.46. The molecule has 0 saturated carbocycles. The minimum atomic E-state index is 0.600. The van der Waals surface area contributed by atoms with E-state index >= 15 is 0 Å². The number of rotatable bonds is 3. The molecule has 8 rings (SSSR count). The van der Waals surface area contributed by atoms with Crippen molar-refractivity contribution in [2.75, 3.05) is 0 Å². The molecule has 0 saturated heterocycles. The van der Waals surface area contributed by atoms with E-state index in [2.05, 4.69) is 90.9 Å². The molecular formula is C33H20IN5. The Balaban J connectivity index is 1.55. The standard InChI is InChI=1S/C33H20IN5/c34-39-28-18-10-8-16-24(28)26-20-19-25-23-15-7-9-17-27(23)38(29(25)30(26)39)33-36-31(21-11-3-1-4-12-21)35-32(37-33)22-13-5-2-6-14-22/h1-20H. The predicted octanol–water partition coefficient (Wildman–Crippen LogP) is 8.61. The smallest absolute Gasteiger partial charge is 0.238 e. The summed E-state index contributed by atoms with van der Waals surface area (Å²) < 4.78 is 4.47. The maximum atomic E-state index is 5.09. The van der Waals surface area contributed by atoms with Gasteiger partial charge < -0.3 is 0 Å². The number of para-hydroxylation sites is 2. The van der Waals surface area contributed by atoms with Crippen molar-refractivity contribution in [3.8, 4) is 28.7 Å². The van der Waals surface area contributed by atoms with E-state index in [1.807, 2.05) is 60.7 Å². The zero-order valence-electron chi connectivity index (χ0n) is 20.7. The lowest BCUT2D eigenvalue weighted by atomic mass is 10.1. The van der Waals surface area contributed by atoms with E-state index in [1.165, 1.54) is 27.1 Å². The topological polar surface area (TPSA) is 48.5 Å². The van der Waals surface area contributed by atoms with Gasteiger partial charge in [-0.1, -0.05) is 109 Å². The summed E-state index contributed by atoms with van der Waals surface area (Å²) in [6.45, 7) is 0. The molecule has 0 fully saturated rings. The molecule has 3 heterocycles. The van der Waals surface area contributed by atoms with Crippen LogP contribution >= 0.6 is 22.9 Å². The van der Waals surface area contributed by atoms with E-state index in [4.69, 9.17) is 15.0 Å². The Labute approximate surface area is 237 Å². The first-order valence-electron chi connectivity index (χ1n) is 12.8. The molecule has 0 aliphatic carbocycles. The van der Waals surface area contributed by atoms with Gasteiger partial charge in [0.2, 0.25) is 5.95 Å². The van der Waals surface area contributed by atoms with Crippen LogP contribution in [0.3, 0.4) is 0 Å². The molecule has 0 radical (unpaired) electrons. The third kappa shape index (κ3) is 3.41. The molecule has 184 valence electrons. The Morgan fingerprint density at radius 2 is 0.923 bits per heavy atom. The van der Waals surface area contributed by atoms with E-state index < -0.39 is 0 Å². The Morgan fingerprint density at radius 3 is 1.54 bits per heavy atom. The van der Waals surface area contributed by atoms with Gasteiger partial charge in [-0.15, -0.1) is 0 Å². The van der Waals surface area contributed by atoms with Crippen molar-refractivity contribution in [1.29, 1.82) is 0 Å². The zero-order valence-corrected chi connectivity index (χ0v) is 22.8. The predicted molar refractivity (Wildman–Crippen MR) is 167 cm³/mol. The molecule has 0 bridgehead atoms. The van der Waals surface area contributed by atoms with E-state index in [9.17, 15) is 0 Å². The fraction of sp³-hybridized carbons (Fsp3) is 0. The molecule has 39 heavy (non-hydrogen) atoms. The number of halogens is 1. The van der Waals surface area contributed by atoms with Crippen molar-refractivity contribution in [2.45, 2.75) is 0 Å². The van der Waals surface area contributed by atoms with E-state index in [0.29, 0.717) is 17.6 Å². The Bertz CT molecular complexity index is 2120. The Morgan fingerprint density at radius 1 is 0.436 bits per heavy atom. The molecule has 6 heteroatoms. The largest absolute Gasteiger partial charge is 0.280 e. The SMILES string of the molecule is In1c2ccccc2c2ccc3c4ccccc4n(-c4nc(-c5ccccc5)nc(-c5ccccc5)n4)c3c21. The summed E-state index contributed by atoms with van der Waals surface area (Å²) in [5.41, 5.74) is 6.38. The average Bonchev–Trinajstić information content (AvgIpc) is 3.50. The van der Waals surface area contributed by atoms with Crippen LogP contribution in [0.25, 0.3) is 72.3 Å². The highest BCUT2D eigenvalue weighted by atomic mass is 127. The summed E-state index contributed by atoms with van der Waals surface area (Å²) >= 11 is 2.42. The normalized spacial score (nSPS) is 11.7. The minimum absolute atomic E-state index is 0.600. The monoisotopic (exact) mass is 613 g/mol. The molecular weight excluding hydrogens is 593 g/mol. The van der Waals surface area contributed by atoms with Crippen LogP contribution in [0.2, 0.25) is 0 Å². The maximum absolute atomic E-state index is 5.09.